The molecule has 0 radical (unpaired) electrons. The van der Waals surface area contributed by atoms with Crippen LogP contribution in [-0.4, -0.2) is 22.0 Å². The summed E-state index contributed by atoms with van der Waals surface area (Å²) in [6, 6.07) is 10.9. The van der Waals surface area contributed by atoms with E-state index in [0.29, 0.717) is 0 Å². The van der Waals surface area contributed by atoms with Crippen LogP contribution >= 0.6 is 0 Å². The summed E-state index contributed by atoms with van der Waals surface area (Å²) < 4.78 is 6.23. The van der Waals surface area contributed by atoms with Crippen molar-refractivity contribution in [1.29, 1.82) is 0 Å². The van der Waals surface area contributed by atoms with E-state index in [9.17, 15) is 0 Å². The average molecular weight is 291 g/mol. The average Bonchev–Trinajstić information content (AvgIpc) is 2.23. The molecule has 0 aliphatic carbocycles. The molecule has 1 aromatic rings. The first-order valence-electron chi connectivity index (χ1n) is 7.07. The molecule has 1 fully saturated rings. The predicted molar refractivity (Wildman–Crippen MR) is 89.4 cm³/mol. The van der Waals surface area contributed by atoms with Gasteiger partial charge in [0.15, 0.2) is 0 Å². The Balaban J connectivity index is 2.70. The summed E-state index contributed by atoms with van der Waals surface area (Å²) >= 11 is 0. The number of hydrogen-bond acceptors (Lipinski definition) is 1. The van der Waals surface area contributed by atoms with Crippen LogP contribution in [0.3, 0.4) is 0 Å². The van der Waals surface area contributed by atoms with E-state index in [1.165, 1.54) is 5.56 Å². The lowest BCUT2D eigenvalue weighted by Crippen LogP contribution is -2.61. The molecule has 1 aromatic carbocycles. The highest BCUT2D eigenvalue weighted by atomic mass is 28.4. The molecule has 0 bridgehead atoms. The lowest BCUT2D eigenvalue weighted by atomic mass is 10.1. The molecule has 0 aromatic heterocycles. The van der Waals surface area contributed by atoms with Crippen molar-refractivity contribution in [3.8, 4) is 0 Å². The van der Waals surface area contributed by atoms with Gasteiger partial charge in [-0.05, 0) is 37.7 Å². The minimum Gasteiger partial charge on any atom is -0.405 e. The van der Waals surface area contributed by atoms with Gasteiger partial charge in [-0.1, -0.05) is 55.2 Å². The Morgan fingerprint density at radius 2 is 1.58 bits per heavy atom. The van der Waals surface area contributed by atoms with Crippen LogP contribution in [0.1, 0.15) is 19.4 Å². The van der Waals surface area contributed by atoms with Crippen molar-refractivity contribution in [2.24, 2.45) is 0 Å². The highest BCUT2D eigenvalue weighted by Gasteiger charge is 2.54. The van der Waals surface area contributed by atoms with Crippen LogP contribution in [-0.2, 0) is 4.43 Å². The topological polar surface area (TPSA) is 9.23 Å². The van der Waals surface area contributed by atoms with Crippen molar-refractivity contribution in [1.82, 2.24) is 0 Å². The van der Waals surface area contributed by atoms with Gasteiger partial charge in [-0.3, -0.25) is 0 Å². The zero-order valence-corrected chi connectivity index (χ0v) is 15.3. The first-order chi connectivity index (χ1) is 8.56. The molecule has 1 nitrogen and oxygen atoms in total. The normalized spacial score (nSPS) is 23.7. The molecular weight excluding hydrogens is 264 g/mol. The molecule has 1 heterocycles. The number of hydrogen-bond donors (Lipinski definition) is 0. The molecular formula is C16H26OSi2. The van der Waals surface area contributed by atoms with Gasteiger partial charge < -0.3 is 4.43 Å². The third-order valence-electron chi connectivity index (χ3n) is 3.78. The molecule has 0 spiro atoms. The zero-order valence-electron chi connectivity index (χ0n) is 13.3. The van der Waals surface area contributed by atoms with Gasteiger partial charge in [0.2, 0.25) is 8.32 Å². The smallest absolute Gasteiger partial charge is 0.218 e. The second-order valence-corrected chi connectivity index (χ2v) is 16.2. The minimum absolute atomic E-state index is 0.0683. The Morgan fingerprint density at radius 1 is 1.05 bits per heavy atom. The van der Waals surface area contributed by atoms with Gasteiger partial charge in [0, 0.05) is 0 Å². The lowest BCUT2D eigenvalue weighted by Gasteiger charge is -2.54. The van der Waals surface area contributed by atoms with E-state index >= 15 is 0 Å². The summed E-state index contributed by atoms with van der Waals surface area (Å²) in [5.74, 6) is 0. The van der Waals surface area contributed by atoms with Crippen molar-refractivity contribution >= 4 is 21.6 Å². The Morgan fingerprint density at radius 3 is 1.95 bits per heavy atom. The fourth-order valence-corrected chi connectivity index (χ4v) is 11.3. The van der Waals surface area contributed by atoms with Crippen molar-refractivity contribution in [2.75, 3.05) is 0 Å². The summed E-state index contributed by atoms with van der Waals surface area (Å²) in [5, 5.41) is 3.26. The molecule has 2 rings (SSSR count). The summed E-state index contributed by atoms with van der Waals surface area (Å²) in [7, 11) is -3.06. The second kappa shape index (κ2) is 4.43. The summed E-state index contributed by atoms with van der Waals surface area (Å²) in [6.45, 7) is 16.4. The zero-order chi connectivity index (χ0) is 14.5. The van der Waals surface area contributed by atoms with E-state index in [-0.39, 0.29) is 5.60 Å². The maximum Gasteiger partial charge on any atom is 0.218 e. The van der Waals surface area contributed by atoms with Crippen LogP contribution in [0.25, 0.3) is 5.20 Å². The molecule has 104 valence electrons. The number of rotatable bonds is 2. The fourth-order valence-electron chi connectivity index (χ4n) is 3.58. The van der Waals surface area contributed by atoms with Crippen LogP contribution in [0, 0.1) is 0 Å². The van der Waals surface area contributed by atoms with Crippen molar-refractivity contribution in [3.05, 3.63) is 41.1 Å². The molecule has 0 atom stereocenters. The molecule has 1 aliphatic rings. The van der Waals surface area contributed by atoms with E-state index in [1.807, 2.05) is 0 Å². The highest BCUT2D eigenvalue weighted by molar-refractivity contribution is 6.97. The van der Waals surface area contributed by atoms with Gasteiger partial charge in [-0.25, -0.2) is 0 Å². The van der Waals surface area contributed by atoms with Crippen molar-refractivity contribution < 1.29 is 4.43 Å². The van der Waals surface area contributed by atoms with Gasteiger partial charge in [0.1, 0.15) is 0 Å². The van der Waals surface area contributed by atoms with E-state index in [0.717, 1.165) is 0 Å². The molecule has 1 aliphatic heterocycles. The Kier molecular flexibility index (Phi) is 3.44. The Labute approximate surface area is 119 Å². The van der Waals surface area contributed by atoms with Crippen LogP contribution in [0.15, 0.2) is 35.5 Å². The van der Waals surface area contributed by atoms with Crippen LogP contribution in [0.5, 0.6) is 0 Å². The van der Waals surface area contributed by atoms with E-state index < -0.39 is 16.4 Å². The monoisotopic (exact) mass is 290 g/mol. The first-order valence-corrected chi connectivity index (χ1v) is 13.5. The molecule has 0 saturated carbocycles. The minimum atomic E-state index is -1.66. The Bertz CT molecular complexity index is 491. The largest absolute Gasteiger partial charge is 0.405 e. The Hall–Kier alpha value is -0.646. The standard InChI is InChI=1S/C16H26OSi2/c1-16(2)15(19(6,7)17-16)14(18(3,4)5)13-11-9-8-10-12-13/h8-12H,1-7H3/b15-14-. The predicted octanol–water partition coefficient (Wildman–Crippen LogP) is 4.87. The lowest BCUT2D eigenvalue weighted by molar-refractivity contribution is 0.0984. The summed E-state index contributed by atoms with van der Waals surface area (Å²) in [5.41, 5.74) is 1.34. The molecule has 0 unspecified atom stereocenters. The molecule has 0 N–H and O–H groups in total. The maximum absolute atomic E-state index is 6.23. The van der Waals surface area contributed by atoms with Gasteiger partial charge in [0.05, 0.1) is 13.7 Å². The molecule has 19 heavy (non-hydrogen) atoms. The fraction of sp³-hybridized carbons (Fsp3) is 0.500. The van der Waals surface area contributed by atoms with Gasteiger partial charge in [0.25, 0.3) is 0 Å². The number of benzene rings is 1. The first kappa shape index (κ1) is 14.8. The third-order valence-corrected chi connectivity index (χ3v) is 9.14. The van der Waals surface area contributed by atoms with Gasteiger partial charge in [-0.15, -0.1) is 0 Å². The van der Waals surface area contributed by atoms with Gasteiger partial charge in [-0.2, -0.15) is 0 Å². The quantitative estimate of drug-likeness (QED) is 0.706. The second-order valence-electron chi connectivity index (χ2n) is 7.49. The van der Waals surface area contributed by atoms with Crippen LogP contribution in [0.2, 0.25) is 32.7 Å². The van der Waals surface area contributed by atoms with E-state index in [4.69, 9.17) is 4.43 Å². The summed E-state index contributed by atoms with van der Waals surface area (Å²) in [6.07, 6.45) is 0. The molecule has 1 saturated heterocycles. The summed E-state index contributed by atoms with van der Waals surface area (Å²) in [4.78, 5) is 0. The van der Waals surface area contributed by atoms with Crippen LogP contribution < -0.4 is 0 Å². The van der Waals surface area contributed by atoms with Gasteiger partial charge >= 0.3 is 0 Å². The van der Waals surface area contributed by atoms with Crippen molar-refractivity contribution in [2.45, 2.75) is 52.2 Å². The molecule has 3 heteroatoms. The highest BCUT2D eigenvalue weighted by Crippen LogP contribution is 2.49. The van der Waals surface area contributed by atoms with Crippen molar-refractivity contribution in [3.63, 3.8) is 0 Å². The molecule has 0 amide bonds. The van der Waals surface area contributed by atoms with Crippen LogP contribution in [0.4, 0.5) is 0 Å². The SMILES string of the molecule is CC1(C)O[Si](C)(C)/C1=C(/c1ccccc1)[Si](C)(C)C. The third kappa shape index (κ3) is 2.64. The maximum atomic E-state index is 6.23. The van der Waals surface area contributed by atoms with E-state index in [2.05, 4.69) is 76.9 Å². The van der Waals surface area contributed by atoms with E-state index in [1.54, 1.807) is 10.4 Å².